The van der Waals surface area contributed by atoms with Gasteiger partial charge in [0.25, 0.3) is 0 Å². The molecule has 1 rings (SSSR count). The fourth-order valence-corrected chi connectivity index (χ4v) is 2.55. The lowest BCUT2D eigenvalue weighted by Crippen LogP contribution is -2.44. The molecule has 4 heteroatoms. The molecule has 1 aliphatic rings. The van der Waals surface area contributed by atoms with E-state index in [1.165, 1.54) is 0 Å². The van der Waals surface area contributed by atoms with Gasteiger partial charge in [-0.05, 0) is 24.7 Å². The van der Waals surface area contributed by atoms with Crippen molar-refractivity contribution in [2.24, 2.45) is 17.1 Å². The summed E-state index contributed by atoms with van der Waals surface area (Å²) in [5, 5.41) is 3.01. The van der Waals surface area contributed by atoms with Crippen LogP contribution in [0.1, 0.15) is 46.5 Å². The van der Waals surface area contributed by atoms with Crippen LogP contribution in [0, 0.1) is 11.3 Å². The summed E-state index contributed by atoms with van der Waals surface area (Å²) < 4.78 is 5.43. The number of nitrogens with two attached hydrogens (primary N) is 1. The molecule has 1 fully saturated rings. The average Bonchev–Trinajstić information content (AvgIpc) is 2.27. The minimum absolute atomic E-state index is 0.0327. The first-order valence-electron chi connectivity index (χ1n) is 6.90. The number of nitrogens with one attached hydrogen (secondary N) is 1. The summed E-state index contributed by atoms with van der Waals surface area (Å²) in [5.41, 5.74) is 5.94. The second-order valence-corrected chi connectivity index (χ2v) is 6.46. The molecule has 106 valence electrons. The minimum Gasteiger partial charge on any atom is -0.379 e. The van der Waals surface area contributed by atoms with E-state index in [0.717, 1.165) is 25.7 Å². The molecule has 3 N–H and O–H groups in total. The van der Waals surface area contributed by atoms with Crippen molar-refractivity contribution in [3.05, 3.63) is 0 Å². The zero-order valence-electron chi connectivity index (χ0n) is 12.2. The van der Waals surface area contributed by atoms with Crippen LogP contribution in [0.15, 0.2) is 0 Å². The van der Waals surface area contributed by atoms with Crippen molar-refractivity contribution in [1.82, 2.24) is 5.32 Å². The first-order chi connectivity index (χ1) is 8.34. The van der Waals surface area contributed by atoms with E-state index >= 15 is 0 Å². The van der Waals surface area contributed by atoms with Crippen LogP contribution in [-0.4, -0.2) is 31.7 Å². The highest BCUT2D eigenvalue weighted by Crippen LogP contribution is 2.24. The molecule has 0 heterocycles. The summed E-state index contributed by atoms with van der Waals surface area (Å²) in [7, 11) is 1.69. The van der Waals surface area contributed by atoms with Crippen LogP contribution in [0.25, 0.3) is 0 Å². The second kappa shape index (κ2) is 6.53. The molecule has 3 atom stereocenters. The maximum absolute atomic E-state index is 12.1. The Balaban J connectivity index is 2.40. The maximum Gasteiger partial charge on any atom is 0.223 e. The zero-order valence-corrected chi connectivity index (χ0v) is 12.2. The van der Waals surface area contributed by atoms with Crippen LogP contribution in [-0.2, 0) is 9.53 Å². The Labute approximate surface area is 111 Å². The molecule has 1 amide bonds. The number of carbonyl (C=O) groups excluding carboxylic acids is 1. The van der Waals surface area contributed by atoms with Gasteiger partial charge in [0.1, 0.15) is 0 Å². The quantitative estimate of drug-likeness (QED) is 0.804. The molecule has 18 heavy (non-hydrogen) atoms. The molecule has 0 saturated heterocycles. The van der Waals surface area contributed by atoms with Crippen molar-refractivity contribution in [2.75, 3.05) is 13.7 Å². The number of hydrogen-bond donors (Lipinski definition) is 2. The zero-order chi connectivity index (χ0) is 13.8. The number of ether oxygens (including phenoxy) is 1. The fourth-order valence-electron chi connectivity index (χ4n) is 2.55. The van der Waals surface area contributed by atoms with Gasteiger partial charge in [-0.1, -0.05) is 27.2 Å². The minimum atomic E-state index is 0.0327. The molecule has 0 bridgehead atoms. The molecule has 0 aliphatic heterocycles. The van der Waals surface area contributed by atoms with Crippen molar-refractivity contribution in [2.45, 2.75) is 58.6 Å². The van der Waals surface area contributed by atoms with Gasteiger partial charge < -0.3 is 15.8 Å². The molecular weight excluding hydrogens is 228 g/mol. The van der Waals surface area contributed by atoms with E-state index in [-0.39, 0.29) is 29.4 Å². The van der Waals surface area contributed by atoms with Gasteiger partial charge in [0.05, 0.1) is 6.10 Å². The van der Waals surface area contributed by atoms with Gasteiger partial charge in [-0.15, -0.1) is 0 Å². The van der Waals surface area contributed by atoms with Crippen molar-refractivity contribution in [3.8, 4) is 0 Å². The average molecular weight is 256 g/mol. The summed E-state index contributed by atoms with van der Waals surface area (Å²) >= 11 is 0. The third kappa shape index (κ3) is 4.58. The number of amides is 1. The van der Waals surface area contributed by atoms with Crippen molar-refractivity contribution < 1.29 is 9.53 Å². The second-order valence-electron chi connectivity index (χ2n) is 6.46. The third-order valence-electron chi connectivity index (χ3n) is 3.80. The first-order valence-corrected chi connectivity index (χ1v) is 6.90. The van der Waals surface area contributed by atoms with Crippen LogP contribution in [0.3, 0.4) is 0 Å². The summed E-state index contributed by atoms with van der Waals surface area (Å²) in [6.07, 6.45) is 3.93. The lowest BCUT2D eigenvalue weighted by atomic mass is 9.85. The van der Waals surface area contributed by atoms with E-state index in [4.69, 9.17) is 10.5 Å². The Morgan fingerprint density at radius 1 is 1.44 bits per heavy atom. The Bertz CT molecular complexity index is 273. The molecule has 1 aliphatic carbocycles. The van der Waals surface area contributed by atoms with E-state index in [2.05, 4.69) is 26.1 Å². The molecular formula is C14H28N2O2. The molecule has 0 aromatic carbocycles. The molecule has 3 unspecified atom stereocenters. The number of rotatable bonds is 4. The summed E-state index contributed by atoms with van der Waals surface area (Å²) in [6, 6.07) is 0.190. The Morgan fingerprint density at radius 3 is 2.61 bits per heavy atom. The molecule has 1 saturated carbocycles. The normalized spacial score (nSPS) is 26.7. The van der Waals surface area contributed by atoms with E-state index < -0.39 is 0 Å². The number of carbonyl (C=O) groups is 1. The molecule has 0 aromatic heterocycles. The maximum atomic E-state index is 12.1. The van der Waals surface area contributed by atoms with Crippen LogP contribution in [0.2, 0.25) is 0 Å². The van der Waals surface area contributed by atoms with Crippen molar-refractivity contribution in [1.29, 1.82) is 0 Å². The Morgan fingerprint density at radius 2 is 2.11 bits per heavy atom. The Hall–Kier alpha value is -0.610. The highest BCUT2D eigenvalue weighted by molar-refractivity contribution is 5.78. The van der Waals surface area contributed by atoms with Gasteiger partial charge in [-0.2, -0.15) is 0 Å². The monoisotopic (exact) mass is 256 g/mol. The number of methoxy groups -OCH3 is 1. The third-order valence-corrected chi connectivity index (χ3v) is 3.80. The van der Waals surface area contributed by atoms with E-state index in [1.807, 2.05) is 0 Å². The molecule has 4 nitrogen and oxygen atoms in total. The van der Waals surface area contributed by atoms with Gasteiger partial charge in [0.15, 0.2) is 0 Å². The standard InChI is InChI=1S/C14H28N2O2/c1-14(2,3)12(18-4)9-16-13(17)10-6-5-7-11(15)8-10/h10-12H,5-9,15H2,1-4H3,(H,16,17). The largest absolute Gasteiger partial charge is 0.379 e. The Kier molecular flexibility index (Phi) is 5.60. The fraction of sp³-hybridized carbons (Fsp3) is 0.929. The van der Waals surface area contributed by atoms with Crippen LogP contribution < -0.4 is 11.1 Å². The van der Waals surface area contributed by atoms with Gasteiger partial charge in [-0.25, -0.2) is 0 Å². The van der Waals surface area contributed by atoms with E-state index in [9.17, 15) is 4.79 Å². The predicted molar refractivity (Wildman–Crippen MR) is 73.2 cm³/mol. The van der Waals surface area contributed by atoms with Gasteiger partial charge in [-0.3, -0.25) is 4.79 Å². The summed E-state index contributed by atoms with van der Waals surface area (Å²) in [4.78, 5) is 12.1. The number of hydrogen-bond acceptors (Lipinski definition) is 3. The first kappa shape index (κ1) is 15.4. The van der Waals surface area contributed by atoms with Crippen LogP contribution in [0.5, 0.6) is 0 Å². The molecule has 0 spiro atoms. The van der Waals surface area contributed by atoms with E-state index in [1.54, 1.807) is 7.11 Å². The molecule has 0 aromatic rings. The van der Waals surface area contributed by atoms with Crippen molar-refractivity contribution in [3.63, 3.8) is 0 Å². The van der Waals surface area contributed by atoms with Gasteiger partial charge in [0.2, 0.25) is 5.91 Å². The van der Waals surface area contributed by atoms with Gasteiger partial charge in [0, 0.05) is 25.6 Å². The van der Waals surface area contributed by atoms with E-state index in [0.29, 0.717) is 6.54 Å². The van der Waals surface area contributed by atoms with Crippen molar-refractivity contribution >= 4 is 5.91 Å². The van der Waals surface area contributed by atoms with Gasteiger partial charge >= 0.3 is 0 Å². The lowest BCUT2D eigenvalue weighted by molar-refractivity contribution is -0.127. The highest BCUT2D eigenvalue weighted by Gasteiger charge is 2.28. The smallest absolute Gasteiger partial charge is 0.223 e. The lowest BCUT2D eigenvalue weighted by Gasteiger charge is -2.31. The van der Waals surface area contributed by atoms with Crippen LogP contribution in [0.4, 0.5) is 0 Å². The summed E-state index contributed by atoms with van der Waals surface area (Å²) in [5.74, 6) is 0.225. The SMILES string of the molecule is COC(CNC(=O)C1CCCC(N)C1)C(C)(C)C. The predicted octanol–water partition coefficient (Wildman–Crippen LogP) is 1.68. The topological polar surface area (TPSA) is 64.3 Å². The highest BCUT2D eigenvalue weighted by atomic mass is 16.5. The van der Waals surface area contributed by atoms with Crippen LogP contribution >= 0.6 is 0 Å². The molecule has 0 radical (unpaired) electrons. The summed E-state index contributed by atoms with van der Waals surface area (Å²) in [6.45, 7) is 6.92.